The Morgan fingerprint density at radius 1 is 1.33 bits per heavy atom. The highest BCUT2D eigenvalue weighted by Gasteiger charge is 1.95. The van der Waals surface area contributed by atoms with Crippen molar-refractivity contribution in [3.8, 4) is 0 Å². The third-order valence-corrected chi connectivity index (χ3v) is 1.21. The summed E-state index contributed by atoms with van der Waals surface area (Å²) in [5.74, 6) is 0. The normalized spacial score (nSPS) is 12.6. The number of allylic oxidation sites excluding steroid dienone is 1. The number of hydrogen-bond acceptors (Lipinski definition) is 1. The van der Waals surface area contributed by atoms with Crippen LogP contribution < -0.4 is 5.73 Å². The van der Waals surface area contributed by atoms with Gasteiger partial charge in [-0.25, -0.2) is 0 Å². The van der Waals surface area contributed by atoms with Gasteiger partial charge in [-0.3, -0.25) is 0 Å². The van der Waals surface area contributed by atoms with Gasteiger partial charge < -0.3 is 5.73 Å². The Balaban J connectivity index is 3.14. The second-order valence-electron chi connectivity index (χ2n) is 2.15. The molecule has 0 aliphatic heterocycles. The van der Waals surface area contributed by atoms with Crippen LogP contribution in [0, 0.1) is 0 Å². The quantitative estimate of drug-likeness (QED) is 0.557. The molecule has 0 heterocycles. The fourth-order valence-electron chi connectivity index (χ4n) is 0.664. The Morgan fingerprint density at radius 2 is 2.00 bits per heavy atom. The molecule has 2 N–H and O–H groups in total. The summed E-state index contributed by atoms with van der Waals surface area (Å²) >= 11 is 0. The van der Waals surface area contributed by atoms with Gasteiger partial charge in [0, 0.05) is 6.04 Å². The van der Waals surface area contributed by atoms with E-state index in [4.69, 9.17) is 5.73 Å². The van der Waals surface area contributed by atoms with Crippen molar-refractivity contribution in [1.82, 2.24) is 0 Å². The van der Waals surface area contributed by atoms with E-state index in [1.807, 2.05) is 12.2 Å². The van der Waals surface area contributed by atoms with Crippen LogP contribution in [0.1, 0.15) is 19.3 Å². The van der Waals surface area contributed by atoms with Gasteiger partial charge in [-0.2, -0.15) is 0 Å². The van der Waals surface area contributed by atoms with Crippen LogP contribution in [-0.2, 0) is 0 Å². The van der Waals surface area contributed by atoms with Gasteiger partial charge >= 0.3 is 0 Å². The van der Waals surface area contributed by atoms with Crippen molar-refractivity contribution >= 4 is 0 Å². The minimum absolute atomic E-state index is 0.278. The molecule has 0 aliphatic carbocycles. The topological polar surface area (TPSA) is 26.0 Å². The summed E-state index contributed by atoms with van der Waals surface area (Å²) in [6.07, 6.45) is 6.69. The van der Waals surface area contributed by atoms with Crippen LogP contribution >= 0.6 is 0 Å². The lowest BCUT2D eigenvalue weighted by Gasteiger charge is -2.04. The number of rotatable bonds is 5. The van der Waals surface area contributed by atoms with E-state index in [0.29, 0.717) is 0 Å². The SMILES string of the molecule is C=CCCC(N)CC=C. The van der Waals surface area contributed by atoms with Gasteiger partial charge in [0.05, 0.1) is 0 Å². The monoisotopic (exact) mass is 125 g/mol. The molecule has 0 fully saturated rings. The first-order valence-corrected chi connectivity index (χ1v) is 3.28. The molecular weight excluding hydrogens is 110 g/mol. The van der Waals surface area contributed by atoms with Crippen molar-refractivity contribution in [3.05, 3.63) is 25.3 Å². The third kappa shape index (κ3) is 5.31. The highest BCUT2D eigenvalue weighted by atomic mass is 14.6. The maximum atomic E-state index is 5.65. The second-order valence-corrected chi connectivity index (χ2v) is 2.15. The van der Waals surface area contributed by atoms with E-state index in [2.05, 4.69) is 13.2 Å². The summed E-state index contributed by atoms with van der Waals surface area (Å²) in [6, 6.07) is 0.278. The van der Waals surface area contributed by atoms with Gasteiger partial charge in [0.1, 0.15) is 0 Å². The van der Waals surface area contributed by atoms with Gasteiger partial charge in [-0.15, -0.1) is 13.2 Å². The number of nitrogens with two attached hydrogens (primary N) is 1. The molecule has 1 unspecified atom stereocenters. The molecule has 1 nitrogen and oxygen atoms in total. The molecule has 1 heteroatoms. The van der Waals surface area contributed by atoms with Crippen molar-refractivity contribution in [1.29, 1.82) is 0 Å². The zero-order valence-electron chi connectivity index (χ0n) is 5.84. The maximum absolute atomic E-state index is 5.65. The van der Waals surface area contributed by atoms with Crippen LogP contribution in [0.5, 0.6) is 0 Å². The van der Waals surface area contributed by atoms with Crippen LogP contribution in [0.4, 0.5) is 0 Å². The molecule has 0 radical (unpaired) electrons. The largest absolute Gasteiger partial charge is 0.327 e. The third-order valence-electron chi connectivity index (χ3n) is 1.21. The van der Waals surface area contributed by atoms with Crippen molar-refractivity contribution in [2.75, 3.05) is 0 Å². The van der Waals surface area contributed by atoms with Gasteiger partial charge in [0.15, 0.2) is 0 Å². The maximum Gasteiger partial charge on any atom is 0.00762 e. The van der Waals surface area contributed by atoms with E-state index in [9.17, 15) is 0 Å². The first kappa shape index (κ1) is 8.44. The van der Waals surface area contributed by atoms with Crippen LogP contribution in [0.15, 0.2) is 25.3 Å². The lowest BCUT2D eigenvalue weighted by molar-refractivity contribution is 0.630. The molecule has 0 saturated carbocycles. The summed E-state index contributed by atoms with van der Waals surface area (Å²) in [7, 11) is 0. The van der Waals surface area contributed by atoms with Gasteiger partial charge in [0.25, 0.3) is 0 Å². The second kappa shape index (κ2) is 5.57. The number of hydrogen-bond donors (Lipinski definition) is 1. The highest BCUT2D eigenvalue weighted by molar-refractivity contribution is 4.78. The average Bonchev–Trinajstić information content (AvgIpc) is 1.85. The van der Waals surface area contributed by atoms with Crippen LogP contribution in [0.25, 0.3) is 0 Å². The van der Waals surface area contributed by atoms with Crippen molar-refractivity contribution < 1.29 is 0 Å². The fraction of sp³-hybridized carbons (Fsp3) is 0.500. The molecule has 0 saturated heterocycles. The predicted octanol–water partition coefficient (Wildman–Crippen LogP) is 1.86. The molecule has 0 spiro atoms. The van der Waals surface area contributed by atoms with Crippen LogP contribution in [0.3, 0.4) is 0 Å². The lowest BCUT2D eigenvalue weighted by atomic mass is 10.1. The molecule has 9 heavy (non-hydrogen) atoms. The average molecular weight is 125 g/mol. The van der Waals surface area contributed by atoms with Gasteiger partial charge in [-0.1, -0.05) is 12.2 Å². The zero-order valence-corrected chi connectivity index (χ0v) is 5.84. The van der Waals surface area contributed by atoms with E-state index in [0.717, 1.165) is 19.3 Å². The van der Waals surface area contributed by atoms with Gasteiger partial charge in [-0.05, 0) is 19.3 Å². The minimum Gasteiger partial charge on any atom is -0.327 e. The standard InChI is InChI=1S/C8H15N/c1-3-5-7-8(9)6-4-2/h3-4,8H,1-2,5-7,9H2. The van der Waals surface area contributed by atoms with Crippen molar-refractivity contribution in [3.63, 3.8) is 0 Å². The summed E-state index contributed by atoms with van der Waals surface area (Å²) in [5.41, 5.74) is 5.65. The molecular formula is C8H15N. The molecule has 0 aliphatic rings. The molecule has 0 amide bonds. The molecule has 0 rings (SSSR count). The van der Waals surface area contributed by atoms with E-state index in [-0.39, 0.29) is 6.04 Å². The van der Waals surface area contributed by atoms with E-state index < -0.39 is 0 Å². The smallest absolute Gasteiger partial charge is 0.00762 e. The molecule has 52 valence electrons. The van der Waals surface area contributed by atoms with Crippen LogP contribution in [-0.4, -0.2) is 6.04 Å². The lowest BCUT2D eigenvalue weighted by Crippen LogP contribution is -2.17. The highest BCUT2D eigenvalue weighted by Crippen LogP contribution is 1.98. The molecule has 1 atom stereocenters. The Bertz CT molecular complexity index is 86.6. The Hall–Kier alpha value is -0.560. The van der Waals surface area contributed by atoms with E-state index in [1.165, 1.54) is 0 Å². The van der Waals surface area contributed by atoms with Crippen molar-refractivity contribution in [2.45, 2.75) is 25.3 Å². The van der Waals surface area contributed by atoms with Gasteiger partial charge in [0.2, 0.25) is 0 Å². The molecule has 0 aromatic carbocycles. The summed E-state index contributed by atoms with van der Waals surface area (Å²) in [6.45, 7) is 7.21. The fourth-order valence-corrected chi connectivity index (χ4v) is 0.664. The van der Waals surface area contributed by atoms with Crippen LogP contribution in [0.2, 0.25) is 0 Å². The van der Waals surface area contributed by atoms with E-state index >= 15 is 0 Å². The Morgan fingerprint density at radius 3 is 2.44 bits per heavy atom. The van der Waals surface area contributed by atoms with Crippen molar-refractivity contribution in [2.24, 2.45) is 5.73 Å². The first-order valence-electron chi connectivity index (χ1n) is 3.28. The summed E-state index contributed by atoms with van der Waals surface area (Å²) in [4.78, 5) is 0. The first-order chi connectivity index (χ1) is 4.31. The zero-order chi connectivity index (χ0) is 7.11. The summed E-state index contributed by atoms with van der Waals surface area (Å²) in [5, 5.41) is 0. The predicted molar refractivity (Wildman–Crippen MR) is 42.2 cm³/mol. The molecule has 0 aromatic heterocycles. The Kier molecular flexibility index (Phi) is 5.23. The summed E-state index contributed by atoms with van der Waals surface area (Å²) < 4.78 is 0. The minimum atomic E-state index is 0.278. The van der Waals surface area contributed by atoms with E-state index in [1.54, 1.807) is 0 Å². The molecule has 0 aromatic rings. The Labute approximate surface area is 57.3 Å². The molecule has 0 bridgehead atoms.